The lowest BCUT2D eigenvalue weighted by atomic mass is 10.1. The minimum atomic E-state index is 0.699. The molecule has 0 unspecified atom stereocenters. The maximum atomic E-state index is 8.71. The van der Waals surface area contributed by atoms with E-state index in [4.69, 9.17) is 5.26 Å². The molecule has 0 amide bonds. The normalized spacial score (nSPS) is 10.1. The van der Waals surface area contributed by atoms with Gasteiger partial charge >= 0.3 is 0 Å². The average molecular weight is 225 g/mol. The van der Waals surface area contributed by atoms with Crippen molar-refractivity contribution in [3.8, 4) is 6.07 Å². The number of nitrogens with zero attached hydrogens (tertiary/aromatic N) is 3. The second-order valence-corrected chi connectivity index (χ2v) is 4.09. The first-order valence-corrected chi connectivity index (χ1v) is 5.81. The molecule has 0 radical (unpaired) electrons. The molecule has 1 heterocycles. The van der Waals surface area contributed by atoms with Crippen molar-refractivity contribution in [1.82, 2.24) is 9.55 Å². The van der Waals surface area contributed by atoms with Crippen LogP contribution >= 0.6 is 0 Å². The fourth-order valence-electron chi connectivity index (χ4n) is 1.78. The van der Waals surface area contributed by atoms with Gasteiger partial charge in [-0.2, -0.15) is 5.26 Å². The van der Waals surface area contributed by atoms with E-state index in [-0.39, 0.29) is 0 Å². The molecule has 3 heteroatoms. The van der Waals surface area contributed by atoms with E-state index in [1.54, 1.807) is 0 Å². The highest BCUT2D eigenvalue weighted by Gasteiger charge is 2.00. The minimum Gasteiger partial charge on any atom is -0.337 e. The van der Waals surface area contributed by atoms with Crippen molar-refractivity contribution in [3.05, 3.63) is 53.6 Å². The van der Waals surface area contributed by atoms with Crippen LogP contribution in [0.5, 0.6) is 0 Å². The fraction of sp³-hybridized carbons (Fsp3) is 0.286. The average Bonchev–Trinajstić information content (AvgIpc) is 2.78. The van der Waals surface area contributed by atoms with Gasteiger partial charge in [-0.1, -0.05) is 19.1 Å². The van der Waals surface area contributed by atoms with Gasteiger partial charge in [0.2, 0.25) is 0 Å². The quantitative estimate of drug-likeness (QED) is 0.802. The summed E-state index contributed by atoms with van der Waals surface area (Å²) in [5.41, 5.74) is 2.96. The van der Waals surface area contributed by atoms with Gasteiger partial charge < -0.3 is 4.57 Å². The maximum absolute atomic E-state index is 8.71. The molecule has 0 N–H and O–H groups in total. The predicted molar refractivity (Wildman–Crippen MR) is 66.5 cm³/mol. The zero-order valence-electron chi connectivity index (χ0n) is 9.93. The van der Waals surface area contributed by atoms with Crippen LogP contribution in [0, 0.1) is 11.3 Å². The van der Waals surface area contributed by atoms with Crippen molar-refractivity contribution in [2.45, 2.75) is 26.3 Å². The summed E-state index contributed by atoms with van der Waals surface area (Å²) in [4.78, 5) is 4.37. The molecule has 2 rings (SSSR count). The van der Waals surface area contributed by atoms with Gasteiger partial charge in [0.15, 0.2) is 0 Å². The van der Waals surface area contributed by atoms with Gasteiger partial charge in [0.25, 0.3) is 0 Å². The standard InChI is InChI=1S/C14H15N3/c1-2-7-17-10-14(16-11-17)8-12-3-5-13(9-15)6-4-12/h3-6,10-11H,2,7-8H2,1H3. The highest BCUT2D eigenvalue weighted by atomic mass is 15.0. The molecule has 0 atom stereocenters. The van der Waals surface area contributed by atoms with Crippen LogP contribution in [0.1, 0.15) is 30.2 Å². The molecular formula is C14H15N3. The summed E-state index contributed by atoms with van der Waals surface area (Å²) >= 11 is 0. The first-order chi connectivity index (χ1) is 8.31. The lowest BCUT2D eigenvalue weighted by molar-refractivity contribution is 0.678. The third-order valence-electron chi connectivity index (χ3n) is 2.64. The molecular weight excluding hydrogens is 210 g/mol. The van der Waals surface area contributed by atoms with Crippen LogP contribution in [-0.4, -0.2) is 9.55 Å². The summed E-state index contributed by atoms with van der Waals surface area (Å²) < 4.78 is 2.11. The maximum Gasteiger partial charge on any atom is 0.0991 e. The lowest BCUT2D eigenvalue weighted by Gasteiger charge is -1.98. The Morgan fingerprint density at radius 2 is 2.06 bits per heavy atom. The van der Waals surface area contributed by atoms with E-state index in [0.29, 0.717) is 5.56 Å². The van der Waals surface area contributed by atoms with E-state index < -0.39 is 0 Å². The van der Waals surface area contributed by atoms with Gasteiger partial charge in [-0.3, -0.25) is 0 Å². The second kappa shape index (κ2) is 5.31. The first-order valence-electron chi connectivity index (χ1n) is 5.81. The zero-order valence-corrected chi connectivity index (χ0v) is 9.93. The molecule has 0 saturated heterocycles. The summed E-state index contributed by atoms with van der Waals surface area (Å²) in [6, 6.07) is 9.78. The van der Waals surface area contributed by atoms with Crippen LogP contribution in [0.25, 0.3) is 0 Å². The Balaban J connectivity index is 2.06. The Morgan fingerprint density at radius 1 is 1.29 bits per heavy atom. The number of hydrogen-bond donors (Lipinski definition) is 0. The molecule has 1 aromatic heterocycles. The van der Waals surface area contributed by atoms with Crippen LogP contribution in [0.2, 0.25) is 0 Å². The van der Waals surface area contributed by atoms with Crippen molar-refractivity contribution >= 4 is 0 Å². The topological polar surface area (TPSA) is 41.6 Å². The number of benzene rings is 1. The monoisotopic (exact) mass is 225 g/mol. The van der Waals surface area contributed by atoms with E-state index >= 15 is 0 Å². The molecule has 0 spiro atoms. The van der Waals surface area contributed by atoms with E-state index in [1.165, 1.54) is 5.56 Å². The van der Waals surface area contributed by atoms with E-state index in [9.17, 15) is 0 Å². The van der Waals surface area contributed by atoms with Crippen molar-refractivity contribution in [2.75, 3.05) is 0 Å². The van der Waals surface area contributed by atoms with E-state index in [2.05, 4.69) is 28.7 Å². The summed E-state index contributed by atoms with van der Waals surface area (Å²) in [6.45, 7) is 3.17. The molecule has 0 aliphatic rings. The molecule has 86 valence electrons. The smallest absolute Gasteiger partial charge is 0.0991 e. The van der Waals surface area contributed by atoms with Gasteiger partial charge in [-0.25, -0.2) is 4.98 Å². The molecule has 0 aliphatic carbocycles. The molecule has 0 saturated carbocycles. The van der Waals surface area contributed by atoms with E-state index in [0.717, 1.165) is 25.1 Å². The zero-order chi connectivity index (χ0) is 12.1. The van der Waals surface area contributed by atoms with Gasteiger partial charge in [0.1, 0.15) is 0 Å². The van der Waals surface area contributed by atoms with Crippen LogP contribution < -0.4 is 0 Å². The molecule has 0 aliphatic heterocycles. The third-order valence-corrected chi connectivity index (χ3v) is 2.64. The Hall–Kier alpha value is -2.08. The van der Waals surface area contributed by atoms with Crippen LogP contribution in [0.3, 0.4) is 0 Å². The van der Waals surface area contributed by atoms with Crippen molar-refractivity contribution in [2.24, 2.45) is 0 Å². The van der Waals surface area contributed by atoms with Crippen molar-refractivity contribution in [3.63, 3.8) is 0 Å². The molecule has 17 heavy (non-hydrogen) atoms. The van der Waals surface area contributed by atoms with Gasteiger partial charge in [-0.05, 0) is 24.1 Å². The van der Waals surface area contributed by atoms with Gasteiger partial charge in [0.05, 0.1) is 23.7 Å². The molecule has 2 aromatic rings. The molecule has 0 bridgehead atoms. The highest BCUT2D eigenvalue weighted by Crippen LogP contribution is 2.09. The van der Waals surface area contributed by atoms with Crippen molar-refractivity contribution in [1.29, 1.82) is 5.26 Å². The number of rotatable bonds is 4. The van der Waals surface area contributed by atoms with Crippen LogP contribution in [0.4, 0.5) is 0 Å². The number of imidazole rings is 1. The van der Waals surface area contributed by atoms with Crippen molar-refractivity contribution < 1.29 is 0 Å². The SMILES string of the molecule is CCCn1cnc(Cc2ccc(C#N)cc2)c1. The minimum absolute atomic E-state index is 0.699. The summed E-state index contributed by atoms with van der Waals surface area (Å²) in [5.74, 6) is 0. The fourth-order valence-corrected chi connectivity index (χ4v) is 1.78. The van der Waals surface area contributed by atoms with Gasteiger partial charge in [0, 0.05) is 19.2 Å². The Kier molecular flexibility index (Phi) is 3.56. The van der Waals surface area contributed by atoms with E-state index in [1.807, 2.05) is 30.6 Å². The number of aryl methyl sites for hydroxylation is 1. The molecule has 3 nitrogen and oxygen atoms in total. The van der Waals surface area contributed by atoms with Crippen LogP contribution in [-0.2, 0) is 13.0 Å². The summed E-state index contributed by atoms with van der Waals surface area (Å²) in [5, 5.41) is 8.71. The predicted octanol–water partition coefficient (Wildman–Crippen LogP) is 2.76. The van der Waals surface area contributed by atoms with Gasteiger partial charge in [-0.15, -0.1) is 0 Å². The molecule has 0 fully saturated rings. The number of aromatic nitrogens is 2. The summed E-state index contributed by atoms with van der Waals surface area (Å²) in [7, 11) is 0. The molecule has 1 aromatic carbocycles. The number of hydrogen-bond acceptors (Lipinski definition) is 2. The lowest BCUT2D eigenvalue weighted by Crippen LogP contribution is -1.92. The number of nitriles is 1. The Morgan fingerprint density at radius 3 is 2.71 bits per heavy atom. The highest BCUT2D eigenvalue weighted by molar-refractivity contribution is 5.32. The van der Waals surface area contributed by atoms with Crippen LogP contribution in [0.15, 0.2) is 36.8 Å². The second-order valence-electron chi connectivity index (χ2n) is 4.09. The summed E-state index contributed by atoms with van der Waals surface area (Å²) in [6.07, 6.45) is 5.90. The first kappa shape index (κ1) is 11.4. The Bertz CT molecular complexity index is 517. The third kappa shape index (κ3) is 2.94. The Labute approximate surface area is 101 Å². The largest absolute Gasteiger partial charge is 0.337 e.